The summed E-state index contributed by atoms with van der Waals surface area (Å²) in [6.07, 6.45) is 0.118. The van der Waals surface area contributed by atoms with Gasteiger partial charge in [0.1, 0.15) is 6.61 Å². The first-order chi connectivity index (χ1) is 14.0. The highest BCUT2D eigenvalue weighted by atomic mass is 16.6. The second kappa shape index (κ2) is 8.92. The van der Waals surface area contributed by atoms with Crippen LogP contribution >= 0.6 is 0 Å². The Balaban J connectivity index is 1.73. The van der Waals surface area contributed by atoms with Gasteiger partial charge in [-0.3, -0.25) is 4.90 Å². The van der Waals surface area contributed by atoms with E-state index >= 15 is 0 Å². The molecule has 3 rings (SSSR count). The maximum absolute atomic E-state index is 12.6. The number of carboxylic acid groups (broad SMARTS) is 1. The van der Waals surface area contributed by atoms with E-state index in [9.17, 15) is 14.7 Å². The van der Waals surface area contributed by atoms with Crippen molar-refractivity contribution in [1.29, 1.82) is 0 Å². The molecule has 2 aromatic carbocycles. The molecule has 0 fully saturated rings. The lowest BCUT2D eigenvalue weighted by atomic mass is 9.98. The van der Waals surface area contributed by atoms with Crippen molar-refractivity contribution >= 4 is 12.1 Å². The van der Waals surface area contributed by atoms with Crippen molar-refractivity contribution in [2.45, 2.75) is 25.0 Å². The van der Waals surface area contributed by atoms with Gasteiger partial charge in [0.15, 0.2) is 6.04 Å². The van der Waals surface area contributed by atoms with Crippen LogP contribution in [0, 0.1) is 0 Å². The Morgan fingerprint density at radius 2 is 1.69 bits per heavy atom. The molecule has 0 heterocycles. The molecule has 0 aromatic heterocycles. The van der Waals surface area contributed by atoms with Gasteiger partial charge in [-0.05, 0) is 29.2 Å². The zero-order valence-corrected chi connectivity index (χ0v) is 16.6. The lowest BCUT2D eigenvalue weighted by molar-refractivity contribution is -0.147. The second-order valence-corrected chi connectivity index (χ2v) is 7.03. The van der Waals surface area contributed by atoms with Crippen molar-refractivity contribution < 1.29 is 24.2 Å². The summed E-state index contributed by atoms with van der Waals surface area (Å²) in [4.78, 5) is 25.4. The highest BCUT2D eigenvalue weighted by molar-refractivity contribution is 5.81. The number of carbonyl (C=O) groups excluding carboxylic acids is 1. The molecule has 2 atom stereocenters. The first kappa shape index (κ1) is 20.6. The molecular formula is C23H25NO5. The molecule has 0 saturated heterocycles. The topological polar surface area (TPSA) is 76.1 Å². The highest BCUT2D eigenvalue weighted by Crippen LogP contribution is 2.44. The third-order valence-electron chi connectivity index (χ3n) is 5.22. The fourth-order valence-electron chi connectivity index (χ4n) is 3.80. The summed E-state index contributed by atoms with van der Waals surface area (Å²) >= 11 is 0. The summed E-state index contributed by atoms with van der Waals surface area (Å²) in [6, 6.07) is 14.9. The molecule has 6 nitrogen and oxygen atoms in total. The zero-order valence-electron chi connectivity index (χ0n) is 16.6. The quantitative estimate of drug-likeness (QED) is 0.686. The van der Waals surface area contributed by atoms with E-state index in [-0.39, 0.29) is 19.1 Å². The van der Waals surface area contributed by atoms with E-state index in [1.54, 1.807) is 6.92 Å². The lowest BCUT2D eigenvalue weighted by Crippen LogP contribution is -2.50. The molecule has 1 amide bonds. The fraction of sp³-hybridized carbons (Fsp3) is 0.304. The largest absolute Gasteiger partial charge is 0.480 e. The van der Waals surface area contributed by atoms with Crippen LogP contribution in [0.25, 0.3) is 11.1 Å². The van der Waals surface area contributed by atoms with E-state index in [2.05, 4.69) is 18.7 Å². The number of fused-ring (bicyclic) bond motifs is 3. The number of carboxylic acids is 1. The molecule has 0 bridgehead atoms. The van der Waals surface area contributed by atoms with Crippen molar-refractivity contribution in [1.82, 2.24) is 4.90 Å². The second-order valence-electron chi connectivity index (χ2n) is 7.03. The Morgan fingerprint density at radius 1 is 1.14 bits per heavy atom. The van der Waals surface area contributed by atoms with Crippen molar-refractivity contribution in [2.75, 3.05) is 20.3 Å². The maximum Gasteiger partial charge on any atom is 0.410 e. The first-order valence-corrected chi connectivity index (χ1v) is 9.48. The Morgan fingerprint density at radius 3 is 2.21 bits per heavy atom. The van der Waals surface area contributed by atoms with Gasteiger partial charge in [-0.15, -0.1) is 6.58 Å². The summed E-state index contributed by atoms with van der Waals surface area (Å²) in [5, 5.41) is 9.55. The molecule has 6 heteroatoms. The molecule has 1 aliphatic carbocycles. The van der Waals surface area contributed by atoms with Crippen LogP contribution in [0.1, 0.15) is 24.0 Å². The Labute approximate surface area is 170 Å². The summed E-state index contributed by atoms with van der Waals surface area (Å²) in [7, 11) is 1.41. The Hall–Kier alpha value is -3.12. The summed E-state index contributed by atoms with van der Waals surface area (Å²) in [5.41, 5.74) is 4.46. The van der Waals surface area contributed by atoms with Crippen molar-refractivity contribution in [3.05, 3.63) is 72.3 Å². The van der Waals surface area contributed by atoms with Gasteiger partial charge in [0.2, 0.25) is 0 Å². The molecule has 0 unspecified atom stereocenters. The summed E-state index contributed by atoms with van der Waals surface area (Å²) in [5.74, 6) is -1.24. The standard InChI is InChI=1S/C23H25NO5/c1-4-13-28-15(2)21(22(25)26)24(3)23(27)29-14-20-18-11-7-5-9-16(18)17-10-6-8-12-19(17)20/h4-12,15,20-21H,1,13-14H2,2-3H3,(H,25,26)/t15-,21+/m1/s1. The normalized spacial score (nSPS) is 14.4. The monoisotopic (exact) mass is 395 g/mol. The van der Waals surface area contributed by atoms with Crippen LogP contribution in [0.15, 0.2) is 61.2 Å². The Kier molecular flexibility index (Phi) is 6.34. The van der Waals surface area contributed by atoms with Crippen LogP contribution in [-0.2, 0) is 14.3 Å². The average Bonchev–Trinajstić information content (AvgIpc) is 3.04. The molecule has 0 aliphatic heterocycles. The molecule has 2 aromatic rings. The van der Waals surface area contributed by atoms with E-state index in [1.165, 1.54) is 13.1 Å². The number of amides is 1. The van der Waals surface area contributed by atoms with Gasteiger partial charge in [0, 0.05) is 13.0 Å². The van der Waals surface area contributed by atoms with Gasteiger partial charge in [-0.1, -0.05) is 54.6 Å². The summed E-state index contributed by atoms with van der Waals surface area (Å²) < 4.78 is 10.9. The fourth-order valence-corrected chi connectivity index (χ4v) is 3.80. The number of nitrogens with zero attached hydrogens (tertiary/aromatic N) is 1. The third kappa shape index (κ3) is 4.17. The maximum atomic E-state index is 12.6. The minimum atomic E-state index is -1.16. The van der Waals surface area contributed by atoms with E-state index in [4.69, 9.17) is 9.47 Å². The van der Waals surface area contributed by atoms with Gasteiger partial charge in [0.25, 0.3) is 0 Å². The van der Waals surface area contributed by atoms with Gasteiger partial charge in [-0.25, -0.2) is 9.59 Å². The van der Waals surface area contributed by atoms with Crippen LogP contribution in [-0.4, -0.2) is 54.5 Å². The minimum absolute atomic E-state index is 0.0857. The van der Waals surface area contributed by atoms with E-state index in [1.807, 2.05) is 36.4 Å². The molecule has 152 valence electrons. The lowest BCUT2D eigenvalue weighted by Gasteiger charge is -2.29. The van der Waals surface area contributed by atoms with Crippen LogP contribution in [0.4, 0.5) is 4.79 Å². The first-order valence-electron chi connectivity index (χ1n) is 9.48. The van der Waals surface area contributed by atoms with Gasteiger partial charge >= 0.3 is 12.1 Å². The van der Waals surface area contributed by atoms with Crippen molar-refractivity contribution in [3.8, 4) is 11.1 Å². The number of rotatable bonds is 8. The van der Waals surface area contributed by atoms with Crippen molar-refractivity contribution in [2.24, 2.45) is 0 Å². The average molecular weight is 395 g/mol. The number of aliphatic carboxylic acids is 1. The van der Waals surface area contributed by atoms with Crippen LogP contribution in [0.3, 0.4) is 0 Å². The molecular weight excluding hydrogens is 370 g/mol. The number of carbonyl (C=O) groups is 2. The SMILES string of the molecule is C=CCO[C@H](C)[C@@H](C(=O)O)N(C)C(=O)OCC1c2ccccc2-c2ccccc21. The van der Waals surface area contributed by atoms with E-state index in [0.717, 1.165) is 27.2 Å². The van der Waals surface area contributed by atoms with E-state index < -0.39 is 24.2 Å². The predicted octanol–water partition coefficient (Wildman–Crippen LogP) is 3.91. The minimum Gasteiger partial charge on any atom is -0.480 e. The van der Waals surface area contributed by atoms with E-state index in [0.29, 0.717) is 0 Å². The van der Waals surface area contributed by atoms with Gasteiger partial charge in [-0.2, -0.15) is 0 Å². The number of likely N-dealkylation sites (N-methyl/N-ethyl adjacent to an activating group) is 1. The summed E-state index contributed by atoms with van der Waals surface area (Å²) in [6.45, 7) is 5.48. The zero-order chi connectivity index (χ0) is 21.0. The molecule has 1 aliphatic rings. The molecule has 1 N–H and O–H groups in total. The Bertz CT molecular complexity index is 864. The molecule has 0 radical (unpaired) electrons. The number of ether oxygens (including phenoxy) is 2. The van der Waals surface area contributed by atoms with Gasteiger partial charge < -0.3 is 14.6 Å². The number of hydrogen-bond donors (Lipinski definition) is 1. The highest BCUT2D eigenvalue weighted by Gasteiger charge is 2.35. The molecule has 29 heavy (non-hydrogen) atoms. The molecule has 0 spiro atoms. The van der Waals surface area contributed by atoms with Crippen LogP contribution in [0.5, 0.6) is 0 Å². The smallest absolute Gasteiger partial charge is 0.410 e. The number of hydrogen-bond acceptors (Lipinski definition) is 4. The van der Waals surface area contributed by atoms with Crippen LogP contribution < -0.4 is 0 Å². The number of benzene rings is 2. The molecule has 0 saturated carbocycles. The van der Waals surface area contributed by atoms with Crippen LogP contribution in [0.2, 0.25) is 0 Å². The third-order valence-corrected chi connectivity index (χ3v) is 5.22. The predicted molar refractivity (Wildman–Crippen MR) is 110 cm³/mol. The van der Waals surface area contributed by atoms with Gasteiger partial charge in [0.05, 0.1) is 12.7 Å². The van der Waals surface area contributed by atoms with Crippen molar-refractivity contribution in [3.63, 3.8) is 0 Å².